The topological polar surface area (TPSA) is 35.8 Å². The monoisotopic (exact) mass is 288 g/mol. The van der Waals surface area contributed by atoms with Gasteiger partial charge in [-0.2, -0.15) is 5.26 Å². The van der Waals surface area contributed by atoms with Gasteiger partial charge in [-0.1, -0.05) is 26.8 Å². The zero-order valence-electron chi connectivity index (χ0n) is 13.2. The van der Waals surface area contributed by atoms with Gasteiger partial charge in [0.15, 0.2) is 0 Å². The van der Waals surface area contributed by atoms with Gasteiger partial charge in [-0.3, -0.25) is 0 Å². The summed E-state index contributed by atoms with van der Waals surface area (Å²) < 4.78 is 13.2. The maximum atomic E-state index is 13.2. The minimum atomic E-state index is -0.270. The molecular formula is C18H25FN2. The van der Waals surface area contributed by atoms with E-state index in [0.29, 0.717) is 17.0 Å². The summed E-state index contributed by atoms with van der Waals surface area (Å²) in [4.78, 5) is 0. The highest BCUT2D eigenvalue weighted by Gasteiger charge is 2.32. The van der Waals surface area contributed by atoms with Crippen LogP contribution in [0.4, 0.5) is 10.1 Å². The average Bonchev–Trinajstić information content (AvgIpc) is 2.44. The number of rotatable bonds is 3. The number of anilines is 1. The van der Waals surface area contributed by atoms with Crippen LogP contribution in [0, 0.1) is 34.4 Å². The Morgan fingerprint density at radius 1 is 1.24 bits per heavy atom. The molecule has 1 aromatic rings. The third-order valence-electron chi connectivity index (χ3n) is 4.75. The molecule has 1 aliphatic rings. The number of nitrogens with one attached hydrogen (secondary N) is 1. The summed E-state index contributed by atoms with van der Waals surface area (Å²) in [5.41, 5.74) is 1.04. The Labute approximate surface area is 127 Å². The zero-order chi connectivity index (χ0) is 15.5. The van der Waals surface area contributed by atoms with E-state index in [1.165, 1.54) is 25.0 Å². The van der Waals surface area contributed by atoms with Crippen LogP contribution in [0.15, 0.2) is 24.3 Å². The molecule has 2 nitrogen and oxygen atoms in total. The smallest absolute Gasteiger partial charge is 0.125 e. The van der Waals surface area contributed by atoms with Crippen LogP contribution >= 0.6 is 0 Å². The highest BCUT2D eigenvalue weighted by atomic mass is 19.1. The van der Waals surface area contributed by atoms with Gasteiger partial charge in [0.1, 0.15) is 11.9 Å². The lowest BCUT2D eigenvalue weighted by molar-refractivity contribution is 0.148. The van der Waals surface area contributed by atoms with Crippen molar-refractivity contribution in [1.82, 2.24) is 0 Å². The van der Waals surface area contributed by atoms with Crippen LogP contribution in [0.25, 0.3) is 0 Å². The lowest BCUT2D eigenvalue weighted by Gasteiger charge is -2.38. The van der Waals surface area contributed by atoms with Crippen molar-refractivity contribution in [3.63, 3.8) is 0 Å². The van der Waals surface area contributed by atoms with Crippen LogP contribution in [-0.4, -0.2) is 6.04 Å². The van der Waals surface area contributed by atoms with Crippen LogP contribution in [-0.2, 0) is 0 Å². The Bertz CT molecular complexity index is 505. The fraction of sp³-hybridized carbons (Fsp3) is 0.611. The van der Waals surface area contributed by atoms with E-state index in [2.05, 4.69) is 32.2 Å². The van der Waals surface area contributed by atoms with Crippen molar-refractivity contribution in [2.75, 3.05) is 5.32 Å². The van der Waals surface area contributed by atoms with Crippen molar-refractivity contribution in [2.45, 2.75) is 52.5 Å². The van der Waals surface area contributed by atoms with Gasteiger partial charge in [-0.15, -0.1) is 0 Å². The van der Waals surface area contributed by atoms with Crippen molar-refractivity contribution < 1.29 is 4.39 Å². The lowest BCUT2D eigenvalue weighted by Crippen LogP contribution is -2.34. The number of hydrogen-bond donors (Lipinski definition) is 1. The first-order chi connectivity index (χ1) is 9.90. The normalized spacial score (nSPS) is 24.1. The third kappa shape index (κ3) is 4.20. The minimum absolute atomic E-state index is 0.229. The molecule has 0 bridgehead atoms. The summed E-state index contributed by atoms with van der Waals surface area (Å²) in [5, 5.41) is 12.6. The maximum absolute atomic E-state index is 13.2. The summed E-state index contributed by atoms with van der Waals surface area (Å²) in [6.45, 7) is 6.89. The van der Waals surface area contributed by atoms with E-state index in [1.54, 1.807) is 6.07 Å². The molecule has 0 saturated heterocycles. The Morgan fingerprint density at radius 2 is 1.90 bits per heavy atom. The predicted molar refractivity (Wildman–Crippen MR) is 84.3 cm³/mol. The Hall–Kier alpha value is -1.56. The predicted octanol–water partition coefficient (Wildman–Crippen LogP) is 4.98. The highest BCUT2D eigenvalue weighted by molar-refractivity contribution is 5.45. The molecule has 1 aliphatic carbocycles. The van der Waals surface area contributed by atoms with Crippen molar-refractivity contribution in [1.29, 1.82) is 5.26 Å². The second-order valence-electron chi connectivity index (χ2n) is 7.24. The number of nitriles is 1. The van der Waals surface area contributed by atoms with Gasteiger partial charge in [0.25, 0.3) is 0 Å². The minimum Gasteiger partial charge on any atom is -0.370 e. The maximum Gasteiger partial charge on any atom is 0.125 e. The molecule has 0 spiro atoms. The summed E-state index contributed by atoms with van der Waals surface area (Å²) in [6.07, 6.45) is 4.50. The van der Waals surface area contributed by atoms with Gasteiger partial charge in [0, 0.05) is 5.69 Å². The molecule has 1 saturated carbocycles. The zero-order valence-corrected chi connectivity index (χ0v) is 13.2. The van der Waals surface area contributed by atoms with Crippen molar-refractivity contribution in [3.8, 4) is 6.07 Å². The van der Waals surface area contributed by atoms with E-state index in [4.69, 9.17) is 0 Å². The van der Waals surface area contributed by atoms with E-state index in [9.17, 15) is 9.65 Å². The van der Waals surface area contributed by atoms with Gasteiger partial charge in [0.2, 0.25) is 0 Å². The largest absolute Gasteiger partial charge is 0.370 e. The first-order valence-electron chi connectivity index (χ1n) is 7.82. The van der Waals surface area contributed by atoms with Crippen LogP contribution in [0.3, 0.4) is 0 Å². The standard InChI is InChI=1S/C18H25FN2/c1-18(2,3)14-9-7-13(8-10-14)17(12-20)21-16-6-4-5-15(19)11-16/h4-6,11,13-14,17,21H,7-10H2,1-3H3. The number of halogens is 1. The first kappa shape index (κ1) is 15.8. The van der Waals surface area contributed by atoms with Crippen LogP contribution < -0.4 is 5.32 Å². The van der Waals surface area contributed by atoms with E-state index < -0.39 is 0 Å². The molecule has 1 fully saturated rings. The summed E-state index contributed by atoms with van der Waals surface area (Å²) in [5.74, 6) is 0.826. The van der Waals surface area contributed by atoms with Crippen molar-refractivity contribution >= 4 is 5.69 Å². The fourth-order valence-electron chi connectivity index (χ4n) is 3.33. The molecule has 0 radical (unpaired) electrons. The molecule has 3 heteroatoms. The SMILES string of the molecule is CC(C)(C)C1CCC(C(C#N)Nc2cccc(F)c2)CC1. The van der Waals surface area contributed by atoms with E-state index in [-0.39, 0.29) is 11.9 Å². The van der Waals surface area contributed by atoms with E-state index in [0.717, 1.165) is 18.8 Å². The second kappa shape index (κ2) is 6.47. The van der Waals surface area contributed by atoms with Crippen LogP contribution in [0.2, 0.25) is 0 Å². The molecule has 1 aromatic carbocycles. The van der Waals surface area contributed by atoms with Crippen molar-refractivity contribution in [2.24, 2.45) is 17.3 Å². The Balaban J connectivity index is 1.96. The number of nitrogens with zero attached hydrogens (tertiary/aromatic N) is 1. The molecule has 1 unspecified atom stereocenters. The quantitative estimate of drug-likeness (QED) is 0.851. The molecule has 0 amide bonds. The van der Waals surface area contributed by atoms with Gasteiger partial charge >= 0.3 is 0 Å². The van der Waals surface area contributed by atoms with Crippen LogP contribution in [0.1, 0.15) is 46.5 Å². The molecule has 0 aliphatic heterocycles. The van der Waals surface area contributed by atoms with Gasteiger partial charge in [0.05, 0.1) is 6.07 Å². The van der Waals surface area contributed by atoms with E-state index in [1.807, 2.05) is 6.07 Å². The molecule has 1 atom stereocenters. The summed E-state index contributed by atoms with van der Waals surface area (Å²) in [7, 11) is 0. The Kier molecular flexibility index (Phi) is 4.88. The molecule has 0 aromatic heterocycles. The van der Waals surface area contributed by atoms with Crippen molar-refractivity contribution in [3.05, 3.63) is 30.1 Å². The summed E-state index contributed by atoms with van der Waals surface area (Å²) >= 11 is 0. The second-order valence-corrected chi connectivity index (χ2v) is 7.24. The first-order valence-corrected chi connectivity index (χ1v) is 7.82. The van der Waals surface area contributed by atoms with E-state index >= 15 is 0 Å². The molecule has 0 heterocycles. The third-order valence-corrected chi connectivity index (χ3v) is 4.75. The average molecular weight is 288 g/mol. The highest BCUT2D eigenvalue weighted by Crippen LogP contribution is 2.41. The molecule has 2 rings (SSSR count). The lowest BCUT2D eigenvalue weighted by atomic mass is 9.68. The number of benzene rings is 1. The van der Waals surface area contributed by atoms with Gasteiger partial charge in [-0.05, 0) is 61.1 Å². The number of hydrogen-bond acceptors (Lipinski definition) is 2. The molecule has 114 valence electrons. The molecule has 21 heavy (non-hydrogen) atoms. The van der Waals surface area contributed by atoms with Gasteiger partial charge < -0.3 is 5.32 Å². The fourth-order valence-corrected chi connectivity index (χ4v) is 3.33. The summed E-state index contributed by atoms with van der Waals surface area (Å²) in [6, 6.07) is 8.48. The van der Waals surface area contributed by atoms with Gasteiger partial charge in [-0.25, -0.2) is 4.39 Å². The molecular weight excluding hydrogens is 263 g/mol. The van der Waals surface area contributed by atoms with Crippen LogP contribution in [0.5, 0.6) is 0 Å². The Morgan fingerprint density at radius 3 is 2.43 bits per heavy atom. The molecule has 1 N–H and O–H groups in total.